The summed E-state index contributed by atoms with van der Waals surface area (Å²) in [6, 6.07) is 6.01. The lowest BCUT2D eigenvalue weighted by atomic mass is 10.1. The molecule has 0 atom stereocenters. The van der Waals surface area contributed by atoms with Gasteiger partial charge in [-0.15, -0.1) is 0 Å². The summed E-state index contributed by atoms with van der Waals surface area (Å²) in [6.45, 7) is 6.00. The van der Waals surface area contributed by atoms with Crippen molar-refractivity contribution in [2.75, 3.05) is 13.2 Å². The van der Waals surface area contributed by atoms with E-state index in [-0.39, 0.29) is 17.7 Å². The number of aromatic hydroxyl groups is 1. The van der Waals surface area contributed by atoms with E-state index >= 15 is 0 Å². The fourth-order valence-electron chi connectivity index (χ4n) is 2.05. The molecular formula is C19H26O5. The van der Waals surface area contributed by atoms with Crippen molar-refractivity contribution >= 4 is 11.9 Å². The summed E-state index contributed by atoms with van der Waals surface area (Å²) in [7, 11) is 0. The first-order chi connectivity index (χ1) is 11.5. The predicted octanol–water partition coefficient (Wildman–Crippen LogP) is 4.01. The molecule has 0 aliphatic rings. The summed E-state index contributed by atoms with van der Waals surface area (Å²) in [5.41, 5.74) is 0.869. The van der Waals surface area contributed by atoms with Gasteiger partial charge in [0.05, 0.1) is 18.8 Å². The molecule has 0 unspecified atom stereocenters. The van der Waals surface area contributed by atoms with E-state index in [1.807, 2.05) is 0 Å². The van der Waals surface area contributed by atoms with Crippen LogP contribution in [0.15, 0.2) is 36.4 Å². The Balaban J connectivity index is 1.95. The molecule has 0 aliphatic heterocycles. The van der Waals surface area contributed by atoms with E-state index in [4.69, 9.17) is 14.6 Å². The van der Waals surface area contributed by atoms with Crippen LogP contribution in [0.2, 0.25) is 0 Å². The normalized spacial score (nSPS) is 10.2. The van der Waals surface area contributed by atoms with E-state index in [9.17, 15) is 9.59 Å². The molecule has 132 valence electrons. The average Bonchev–Trinajstić information content (AvgIpc) is 2.56. The van der Waals surface area contributed by atoms with Gasteiger partial charge in [0.15, 0.2) is 0 Å². The highest BCUT2D eigenvalue weighted by Gasteiger charge is 2.06. The third-order valence-corrected chi connectivity index (χ3v) is 3.46. The van der Waals surface area contributed by atoms with Crippen LogP contribution in [-0.2, 0) is 14.3 Å². The molecule has 5 heteroatoms. The second-order valence-electron chi connectivity index (χ2n) is 5.72. The van der Waals surface area contributed by atoms with Crippen LogP contribution in [0, 0.1) is 0 Å². The van der Waals surface area contributed by atoms with Gasteiger partial charge >= 0.3 is 11.9 Å². The number of hydrogen-bond donors (Lipinski definition) is 1. The number of carbonyl (C=O) groups excluding carboxylic acids is 2. The van der Waals surface area contributed by atoms with Crippen LogP contribution in [0.4, 0.5) is 0 Å². The minimum atomic E-state index is -0.366. The summed E-state index contributed by atoms with van der Waals surface area (Å²) in [6.07, 6.45) is 5.82. The molecule has 24 heavy (non-hydrogen) atoms. The van der Waals surface area contributed by atoms with E-state index < -0.39 is 0 Å². The maximum absolute atomic E-state index is 11.7. The molecule has 5 nitrogen and oxygen atoms in total. The van der Waals surface area contributed by atoms with E-state index in [0.29, 0.717) is 24.4 Å². The summed E-state index contributed by atoms with van der Waals surface area (Å²) < 4.78 is 10.2. The second-order valence-corrected chi connectivity index (χ2v) is 5.72. The quantitative estimate of drug-likeness (QED) is 0.376. The molecule has 0 saturated heterocycles. The molecule has 1 aromatic rings. The molecule has 0 radical (unpaired) electrons. The Kier molecular flexibility index (Phi) is 9.27. The zero-order valence-corrected chi connectivity index (χ0v) is 14.3. The first-order valence-electron chi connectivity index (χ1n) is 8.29. The topological polar surface area (TPSA) is 72.8 Å². The Morgan fingerprint density at radius 1 is 0.917 bits per heavy atom. The lowest BCUT2D eigenvalue weighted by Gasteiger charge is -2.06. The maximum atomic E-state index is 11.7. The average molecular weight is 334 g/mol. The van der Waals surface area contributed by atoms with Gasteiger partial charge in [-0.05, 0) is 44.0 Å². The van der Waals surface area contributed by atoms with E-state index in [2.05, 4.69) is 6.58 Å². The Labute approximate surface area is 143 Å². The Morgan fingerprint density at radius 2 is 1.42 bits per heavy atom. The summed E-state index contributed by atoms with van der Waals surface area (Å²) in [5.74, 6) is -0.569. The summed E-state index contributed by atoms with van der Waals surface area (Å²) in [4.78, 5) is 22.9. The van der Waals surface area contributed by atoms with Crippen molar-refractivity contribution in [2.45, 2.75) is 45.4 Å². The molecular weight excluding hydrogens is 308 g/mol. The fourth-order valence-corrected chi connectivity index (χ4v) is 2.05. The first-order valence-corrected chi connectivity index (χ1v) is 8.29. The first kappa shape index (κ1) is 19.7. The largest absolute Gasteiger partial charge is 0.508 e. The van der Waals surface area contributed by atoms with Gasteiger partial charge in [0.1, 0.15) is 5.75 Å². The molecule has 0 aromatic heterocycles. The van der Waals surface area contributed by atoms with Crippen molar-refractivity contribution in [3.63, 3.8) is 0 Å². The summed E-state index contributed by atoms with van der Waals surface area (Å²) >= 11 is 0. The number of phenols is 1. The van der Waals surface area contributed by atoms with Crippen LogP contribution >= 0.6 is 0 Å². The standard InChI is InChI=1S/C19H26O5/c1-15(2)18(21)23-13-7-5-3-4-6-8-14-24-19(22)16-9-11-17(20)12-10-16/h9-12,20H,1,3-8,13-14H2,2H3. The molecule has 0 amide bonds. The molecule has 0 saturated carbocycles. The molecule has 1 aromatic carbocycles. The third kappa shape index (κ3) is 8.36. The zero-order valence-electron chi connectivity index (χ0n) is 14.3. The number of benzene rings is 1. The highest BCUT2D eigenvalue weighted by atomic mass is 16.5. The third-order valence-electron chi connectivity index (χ3n) is 3.46. The molecule has 0 aliphatic carbocycles. The molecule has 1 rings (SSSR count). The number of hydrogen-bond acceptors (Lipinski definition) is 5. The van der Waals surface area contributed by atoms with Gasteiger partial charge < -0.3 is 14.6 Å². The highest BCUT2D eigenvalue weighted by Crippen LogP contribution is 2.11. The minimum absolute atomic E-state index is 0.126. The Morgan fingerprint density at radius 3 is 1.96 bits per heavy atom. The maximum Gasteiger partial charge on any atom is 0.338 e. The molecule has 0 heterocycles. The highest BCUT2D eigenvalue weighted by molar-refractivity contribution is 5.89. The number of unbranched alkanes of at least 4 members (excludes halogenated alkanes) is 5. The van der Waals surface area contributed by atoms with Crippen molar-refractivity contribution in [3.05, 3.63) is 42.0 Å². The molecule has 1 N–H and O–H groups in total. The van der Waals surface area contributed by atoms with Crippen LogP contribution in [0.25, 0.3) is 0 Å². The van der Waals surface area contributed by atoms with E-state index in [1.54, 1.807) is 19.1 Å². The summed E-state index contributed by atoms with van der Waals surface area (Å²) in [5, 5.41) is 9.16. The second kappa shape index (κ2) is 11.3. The number of carbonyl (C=O) groups is 2. The van der Waals surface area contributed by atoms with Gasteiger partial charge in [-0.3, -0.25) is 0 Å². The zero-order chi connectivity index (χ0) is 17.8. The smallest absolute Gasteiger partial charge is 0.338 e. The molecule has 0 spiro atoms. The molecule has 0 fully saturated rings. The Hall–Kier alpha value is -2.30. The van der Waals surface area contributed by atoms with Crippen LogP contribution in [-0.4, -0.2) is 30.3 Å². The lowest BCUT2D eigenvalue weighted by Crippen LogP contribution is -2.06. The van der Waals surface area contributed by atoms with Crippen LogP contribution in [0.3, 0.4) is 0 Å². The number of rotatable bonds is 11. The van der Waals surface area contributed by atoms with Crippen molar-refractivity contribution in [3.8, 4) is 5.75 Å². The van der Waals surface area contributed by atoms with Crippen LogP contribution in [0.1, 0.15) is 55.8 Å². The van der Waals surface area contributed by atoms with Gasteiger partial charge in [0.25, 0.3) is 0 Å². The SMILES string of the molecule is C=C(C)C(=O)OCCCCCCCCOC(=O)c1ccc(O)cc1. The Bertz CT molecular complexity index is 533. The number of ether oxygens (including phenoxy) is 2. The van der Waals surface area contributed by atoms with Gasteiger partial charge in [-0.1, -0.05) is 32.3 Å². The minimum Gasteiger partial charge on any atom is -0.508 e. The fraction of sp³-hybridized carbons (Fsp3) is 0.474. The van der Waals surface area contributed by atoms with Crippen molar-refractivity contribution in [1.82, 2.24) is 0 Å². The van der Waals surface area contributed by atoms with Crippen molar-refractivity contribution in [1.29, 1.82) is 0 Å². The van der Waals surface area contributed by atoms with Crippen molar-refractivity contribution in [2.24, 2.45) is 0 Å². The van der Waals surface area contributed by atoms with Gasteiger partial charge in [0, 0.05) is 5.57 Å². The predicted molar refractivity (Wildman–Crippen MR) is 91.9 cm³/mol. The van der Waals surface area contributed by atoms with E-state index in [1.165, 1.54) is 12.1 Å². The van der Waals surface area contributed by atoms with Crippen LogP contribution in [0.5, 0.6) is 5.75 Å². The van der Waals surface area contributed by atoms with Gasteiger partial charge in [-0.2, -0.15) is 0 Å². The monoisotopic (exact) mass is 334 g/mol. The van der Waals surface area contributed by atoms with Gasteiger partial charge in [-0.25, -0.2) is 9.59 Å². The number of esters is 2. The van der Waals surface area contributed by atoms with E-state index in [0.717, 1.165) is 38.5 Å². The number of phenolic OH excluding ortho intramolecular Hbond substituents is 1. The van der Waals surface area contributed by atoms with Crippen molar-refractivity contribution < 1.29 is 24.2 Å². The molecule has 0 bridgehead atoms. The van der Waals surface area contributed by atoms with Gasteiger partial charge in [0.2, 0.25) is 0 Å². The lowest BCUT2D eigenvalue weighted by molar-refractivity contribution is -0.139. The van der Waals surface area contributed by atoms with Crippen LogP contribution < -0.4 is 0 Å².